The standard InChI is InChI=1S/C15H30N2O3/c1-9(2)7-13(19)17-14(10(3)4)15(20)16-12(6)11(5)8-18/h9-12,14,18H,7-8H2,1-6H3,(H,16,20)(H,17,19). The summed E-state index contributed by atoms with van der Waals surface area (Å²) in [7, 11) is 0. The second-order valence-corrected chi connectivity index (χ2v) is 6.34. The molecule has 0 aromatic rings. The number of carbonyl (C=O) groups excluding carboxylic acids is 2. The summed E-state index contributed by atoms with van der Waals surface area (Å²) in [6, 6.07) is -0.662. The zero-order valence-electron chi connectivity index (χ0n) is 13.6. The van der Waals surface area contributed by atoms with Crippen LogP contribution in [0, 0.1) is 17.8 Å². The molecule has 0 radical (unpaired) electrons. The molecule has 0 fully saturated rings. The molecule has 20 heavy (non-hydrogen) atoms. The van der Waals surface area contributed by atoms with Crippen molar-refractivity contribution in [3.8, 4) is 0 Å². The molecule has 0 spiro atoms. The van der Waals surface area contributed by atoms with Crippen molar-refractivity contribution < 1.29 is 14.7 Å². The Morgan fingerprint density at radius 2 is 1.55 bits per heavy atom. The van der Waals surface area contributed by atoms with Crippen molar-refractivity contribution in [3.63, 3.8) is 0 Å². The average molecular weight is 286 g/mol. The molecular formula is C15H30N2O3. The second-order valence-electron chi connectivity index (χ2n) is 6.34. The molecule has 2 amide bonds. The first-order valence-electron chi connectivity index (χ1n) is 7.39. The third kappa shape index (κ3) is 6.89. The Hall–Kier alpha value is -1.10. The fourth-order valence-corrected chi connectivity index (χ4v) is 1.75. The van der Waals surface area contributed by atoms with E-state index >= 15 is 0 Å². The van der Waals surface area contributed by atoms with E-state index in [1.807, 2.05) is 41.5 Å². The predicted octanol–water partition coefficient (Wildman–Crippen LogP) is 1.31. The van der Waals surface area contributed by atoms with Gasteiger partial charge in [-0.3, -0.25) is 9.59 Å². The molecule has 0 heterocycles. The Balaban J connectivity index is 4.59. The van der Waals surface area contributed by atoms with Gasteiger partial charge in [-0.05, 0) is 24.7 Å². The van der Waals surface area contributed by atoms with Crippen LogP contribution in [0.1, 0.15) is 48.0 Å². The van der Waals surface area contributed by atoms with Crippen molar-refractivity contribution in [1.29, 1.82) is 0 Å². The van der Waals surface area contributed by atoms with Crippen LogP contribution in [0.3, 0.4) is 0 Å². The van der Waals surface area contributed by atoms with Crippen molar-refractivity contribution in [2.24, 2.45) is 17.8 Å². The normalized spacial score (nSPS) is 15.8. The molecule has 0 aromatic carbocycles. The van der Waals surface area contributed by atoms with E-state index in [1.54, 1.807) is 0 Å². The summed E-state index contributed by atoms with van der Waals surface area (Å²) in [5, 5.41) is 14.7. The summed E-state index contributed by atoms with van der Waals surface area (Å²) < 4.78 is 0. The third-order valence-corrected chi connectivity index (χ3v) is 3.37. The van der Waals surface area contributed by atoms with Crippen LogP contribution in [0.15, 0.2) is 0 Å². The van der Waals surface area contributed by atoms with Crippen LogP contribution in [0.25, 0.3) is 0 Å². The molecule has 5 nitrogen and oxygen atoms in total. The number of hydrogen-bond acceptors (Lipinski definition) is 3. The van der Waals surface area contributed by atoms with Gasteiger partial charge in [0.1, 0.15) is 6.04 Å². The molecule has 5 heteroatoms. The van der Waals surface area contributed by atoms with Gasteiger partial charge in [0.25, 0.3) is 0 Å². The number of aliphatic hydroxyl groups is 1. The van der Waals surface area contributed by atoms with Crippen LogP contribution in [0.4, 0.5) is 0 Å². The lowest BCUT2D eigenvalue weighted by Crippen LogP contribution is -2.53. The molecule has 0 bridgehead atoms. The summed E-state index contributed by atoms with van der Waals surface area (Å²) in [6.45, 7) is 11.5. The first-order valence-corrected chi connectivity index (χ1v) is 7.39. The highest BCUT2D eigenvalue weighted by Crippen LogP contribution is 2.07. The van der Waals surface area contributed by atoms with Crippen molar-refractivity contribution in [1.82, 2.24) is 10.6 Å². The number of nitrogens with one attached hydrogen (secondary N) is 2. The van der Waals surface area contributed by atoms with Crippen LogP contribution < -0.4 is 10.6 Å². The molecule has 118 valence electrons. The molecule has 0 aliphatic heterocycles. The van der Waals surface area contributed by atoms with E-state index in [1.165, 1.54) is 0 Å². The monoisotopic (exact) mass is 286 g/mol. The molecule has 0 aliphatic rings. The molecule has 3 N–H and O–H groups in total. The van der Waals surface area contributed by atoms with Gasteiger partial charge in [0.05, 0.1) is 0 Å². The van der Waals surface area contributed by atoms with Crippen LogP contribution in [0.5, 0.6) is 0 Å². The summed E-state index contributed by atoms with van der Waals surface area (Å²) >= 11 is 0. The van der Waals surface area contributed by atoms with E-state index in [-0.39, 0.29) is 42.2 Å². The van der Waals surface area contributed by atoms with E-state index in [0.717, 1.165) is 0 Å². The van der Waals surface area contributed by atoms with Gasteiger partial charge in [-0.2, -0.15) is 0 Å². The molecule has 3 atom stereocenters. The molecule has 0 aromatic heterocycles. The van der Waals surface area contributed by atoms with Crippen molar-refractivity contribution in [2.45, 2.75) is 60.0 Å². The highest BCUT2D eigenvalue weighted by Gasteiger charge is 2.26. The summed E-state index contributed by atoms with van der Waals surface area (Å²) in [6.07, 6.45) is 0.416. The zero-order valence-corrected chi connectivity index (χ0v) is 13.6. The Bertz CT molecular complexity index is 316. The minimum Gasteiger partial charge on any atom is -0.396 e. The van der Waals surface area contributed by atoms with Gasteiger partial charge < -0.3 is 15.7 Å². The van der Waals surface area contributed by atoms with Gasteiger partial charge in [0.15, 0.2) is 0 Å². The van der Waals surface area contributed by atoms with Crippen molar-refractivity contribution >= 4 is 11.8 Å². The minimum absolute atomic E-state index is 0.0156. The van der Waals surface area contributed by atoms with E-state index in [0.29, 0.717) is 6.42 Å². The first-order chi connectivity index (χ1) is 9.18. The zero-order chi connectivity index (χ0) is 15.9. The van der Waals surface area contributed by atoms with Gasteiger partial charge in [-0.15, -0.1) is 0 Å². The smallest absolute Gasteiger partial charge is 0.243 e. The summed E-state index contributed by atoms with van der Waals surface area (Å²) in [5.74, 6) is -0.0262. The predicted molar refractivity (Wildman–Crippen MR) is 80.1 cm³/mol. The van der Waals surface area contributed by atoms with Crippen LogP contribution in [-0.2, 0) is 9.59 Å². The SMILES string of the molecule is CC(C)CC(=O)NC(C(=O)NC(C)C(C)CO)C(C)C. The Morgan fingerprint density at radius 1 is 1.00 bits per heavy atom. The topological polar surface area (TPSA) is 78.4 Å². The van der Waals surface area contributed by atoms with Crippen LogP contribution >= 0.6 is 0 Å². The quantitative estimate of drug-likeness (QED) is 0.629. The van der Waals surface area contributed by atoms with E-state index in [4.69, 9.17) is 5.11 Å². The average Bonchev–Trinajstić information content (AvgIpc) is 2.33. The molecule has 0 rings (SSSR count). The third-order valence-electron chi connectivity index (χ3n) is 3.37. The van der Waals surface area contributed by atoms with Gasteiger partial charge in [-0.1, -0.05) is 34.6 Å². The van der Waals surface area contributed by atoms with E-state index in [2.05, 4.69) is 10.6 Å². The maximum Gasteiger partial charge on any atom is 0.243 e. The summed E-state index contributed by atoms with van der Waals surface area (Å²) in [5.41, 5.74) is 0. The lowest BCUT2D eigenvalue weighted by Gasteiger charge is -2.26. The first kappa shape index (κ1) is 18.9. The number of hydrogen-bond donors (Lipinski definition) is 3. The van der Waals surface area contributed by atoms with Gasteiger partial charge in [0, 0.05) is 19.1 Å². The van der Waals surface area contributed by atoms with E-state index in [9.17, 15) is 9.59 Å². The van der Waals surface area contributed by atoms with Gasteiger partial charge in [-0.25, -0.2) is 0 Å². The minimum atomic E-state index is -0.533. The number of carbonyl (C=O) groups is 2. The highest BCUT2D eigenvalue weighted by atomic mass is 16.3. The highest BCUT2D eigenvalue weighted by molar-refractivity contribution is 5.88. The summed E-state index contributed by atoms with van der Waals surface area (Å²) in [4.78, 5) is 24.0. The second kappa shape index (κ2) is 8.95. The molecule has 0 saturated carbocycles. The Kier molecular flexibility index (Phi) is 8.46. The van der Waals surface area contributed by atoms with Crippen LogP contribution in [-0.4, -0.2) is 35.6 Å². The molecule has 0 saturated heterocycles. The maximum atomic E-state index is 12.2. The fourth-order valence-electron chi connectivity index (χ4n) is 1.75. The van der Waals surface area contributed by atoms with Gasteiger partial charge in [0.2, 0.25) is 11.8 Å². The molecular weight excluding hydrogens is 256 g/mol. The number of aliphatic hydroxyl groups excluding tert-OH is 1. The number of amides is 2. The lowest BCUT2D eigenvalue weighted by atomic mass is 10.00. The Labute approximate surface area is 122 Å². The van der Waals surface area contributed by atoms with Crippen molar-refractivity contribution in [2.75, 3.05) is 6.61 Å². The fraction of sp³-hybridized carbons (Fsp3) is 0.867. The van der Waals surface area contributed by atoms with E-state index < -0.39 is 6.04 Å². The maximum absolute atomic E-state index is 12.2. The number of rotatable bonds is 8. The molecule has 3 unspecified atom stereocenters. The van der Waals surface area contributed by atoms with Crippen LogP contribution in [0.2, 0.25) is 0 Å². The Morgan fingerprint density at radius 3 is 1.95 bits per heavy atom. The lowest BCUT2D eigenvalue weighted by molar-refractivity contribution is -0.131. The molecule has 0 aliphatic carbocycles. The largest absolute Gasteiger partial charge is 0.396 e. The van der Waals surface area contributed by atoms with Gasteiger partial charge >= 0.3 is 0 Å². The van der Waals surface area contributed by atoms with Crippen molar-refractivity contribution in [3.05, 3.63) is 0 Å².